The molecular weight excluding hydrogens is 456 g/mol. The van der Waals surface area contributed by atoms with Crippen molar-refractivity contribution in [2.24, 2.45) is 5.73 Å². The average Bonchev–Trinajstić information content (AvgIpc) is 3.35. The summed E-state index contributed by atoms with van der Waals surface area (Å²) in [4.78, 5) is 26.4. The fourth-order valence-corrected chi connectivity index (χ4v) is 5.36. The molecule has 0 radical (unpaired) electrons. The van der Waals surface area contributed by atoms with Gasteiger partial charge in [-0.2, -0.15) is 4.98 Å². The van der Waals surface area contributed by atoms with Gasteiger partial charge in [-0.25, -0.2) is 9.97 Å². The lowest BCUT2D eigenvalue weighted by Crippen LogP contribution is -2.57. The van der Waals surface area contributed by atoms with Crippen LogP contribution >= 0.6 is 0 Å². The van der Waals surface area contributed by atoms with E-state index in [1.54, 1.807) is 26.7 Å². The second-order valence-electron chi connectivity index (χ2n) is 9.52. The summed E-state index contributed by atoms with van der Waals surface area (Å²) in [7, 11) is 3.28. The van der Waals surface area contributed by atoms with Crippen molar-refractivity contribution >= 4 is 11.7 Å². The van der Waals surface area contributed by atoms with Gasteiger partial charge in [-0.15, -0.1) is 0 Å². The third kappa shape index (κ3) is 5.51. The van der Waals surface area contributed by atoms with E-state index in [2.05, 4.69) is 24.0 Å². The van der Waals surface area contributed by atoms with Gasteiger partial charge in [0.25, 0.3) is 0 Å². The summed E-state index contributed by atoms with van der Waals surface area (Å²) in [5.41, 5.74) is 7.88. The van der Waals surface area contributed by atoms with Crippen LogP contribution in [0.3, 0.4) is 0 Å². The number of primary amides is 1. The molecule has 1 aromatic carbocycles. The Bertz CT molecular complexity index is 1170. The molecule has 2 N–H and O–H groups in total. The van der Waals surface area contributed by atoms with E-state index in [0.717, 1.165) is 62.1 Å². The first-order valence-corrected chi connectivity index (χ1v) is 12.7. The fraction of sp³-hybridized carbons (Fsp3) is 0.481. The molecule has 2 atom stereocenters. The Morgan fingerprint density at radius 1 is 1.14 bits per heavy atom. The highest BCUT2D eigenvalue weighted by Crippen LogP contribution is 2.37. The first-order chi connectivity index (χ1) is 17.5. The number of quaternary nitrogens is 1. The average molecular weight is 494 g/mol. The van der Waals surface area contributed by atoms with Crippen molar-refractivity contribution in [3.05, 3.63) is 54.2 Å². The summed E-state index contributed by atoms with van der Waals surface area (Å²) >= 11 is 0. The highest BCUT2D eigenvalue weighted by atomic mass is 16.5. The van der Waals surface area contributed by atoms with Crippen LogP contribution < -0.4 is 19.7 Å². The molecule has 1 aliphatic heterocycles. The molecule has 1 amide bonds. The van der Waals surface area contributed by atoms with Crippen molar-refractivity contribution in [3.63, 3.8) is 0 Å². The second-order valence-corrected chi connectivity index (χ2v) is 9.52. The molecule has 1 saturated heterocycles. The van der Waals surface area contributed by atoms with E-state index in [4.69, 9.17) is 25.2 Å². The van der Waals surface area contributed by atoms with E-state index in [-0.39, 0.29) is 11.9 Å². The van der Waals surface area contributed by atoms with Gasteiger partial charge in [0, 0.05) is 30.4 Å². The van der Waals surface area contributed by atoms with Crippen LogP contribution in [0.2, 0.25) is 0 Å². The summed E-state index contributed by atoms with van der Waals surface area (Å²) in [6.45, 7) is 3.66. The van der Waals surface area contributed by atoms with Gasteiger partial charge in [0.1, 0.15) is 18.9 Å². The molecule has 1 aliphatic rings. The normalized spacial score (nSPS) is 20.0. The predicted octanol–water partition coefficient (Wildman–Crippen LogP) is 3.96. The molecule has 192 valence electrons. The zero-order valence-corrected chi connectivity index (χ0v) is 21.5. The number of nitrogens with two attached hydrogens (primary N) is 1. The molecule has 0 saturated carbocycles. The van der Waals surface area contributed by atoms with Gasteiger partial charge in [0.05, 0.1) is 32.9 Å². The van der Waals surface area contributed by atoms with Gasteiger partial charge < -0.3 is 15.2 Å². The molecule has 4 rings (SSSR count). The van der Waals surface area contributed by atoms with E-state index in [1.165, 1.54) is 0 Å². The highest BCUT2D eigenvalue weighted by molar-refractivity contribution is 5.74. The molecule has 9 heteroatoms. The number of likely N-dealkylation sites (tertiary alicyclic amines) is 1. The van der Waals surface area contributed by atoms with Gasteiger partial charge in [0.15, 0.2) is 11.5 Å². The van der Waals surface area contributed by atoms with Crippen LogP contribution in [-0.4, -0.2) is 52.2 Å². The molecule has 0 aliphatic carbocycles. The predicted molar refractivity (Wildman–Crippen MR) is 139 cm³/mol. The molecule has 3 heterocycles. The minimum atomic E-state index is -0.283. The van der Waals surface area contributed by atoms with Gasteiger partial charge in [-0.3, -0.25) is 13.8 Å². The number of hydrogen-bond acceptors (Lipinski definition) is 6. The highest BCUT2D eigenvalue weighted by Gasteiger charge is 2.43. The van der Waals surface area contributed by atoms with Crippen molar-refractivity contribution in [2.75, 3.05) is 20.8 Å². The monoisotopic (exact) mass is 493 g/mol. The Morgan fingerprint density at radius 3 is 2.67 bits per heavy atom. The Labute approximate surface area is 212 Å². The van der Waals surface area contributed by atoms with Crippen LogP contribution in [0.5, 0.6) is 11.5 Å². The maximum atomic E-state index is 12.3. The van der Waals surface area contributed by atoms with Crippen LogP contribution in [-0.2, 0) is 17.8 Å². The Kier molecular flexibility index (Phi) is 8.20. The Balaban J connectivity index is 1.90. The van der Waals surface area contributed by atoms with Gasteiger partial charge in [0.2, 0.25) is 17.7 Å². The third-order valence-corrected chi connectivity index (χ3v) is 7.09. The largest absolute Gasteiger partial charge is 0.493 e. The number of aromatic nitrogens is 4. The number of imidazole rings is 1. The number of nitrogens with zero attached hydrogens (tertiary/aromatic N) is 5. The van der Waals surface area contributed by atoms with Crippen molar-refractivity contribution < 1.29 is 14.3 Å². The Morgan fingerprint density at radius 2 is 1.97 bits per heavy atom. The van der Waals surface area contributed by atoms with Crippen LogP contribution in [0.25, 0.3) is 5.95 Å². The zero-order chi connectivity index (χ0) is 25.5. The number of methoxy groups -OCH3 is 2. The van der Waals surface area contributed by atoms with Gasteiger partial charge in [-0.1, -0.05) is 13.3 Å². The van der Waals surface area contributed by atoms with Crippen LogP contribution in [0.1, 0.15) is 56.7 Å². The number of hydrogen-bond donors (Lipinski definition) is 1. The van der Waals surface area contributed by atoms with Crippen molar-refractivity contribution in [2.45, 2.75) is 64.5 Å². The quantitative estimate of drug-likeness (QED) is 0.429. The lowest BCUT2D eigenvalue weighted by atomic mass is 10.0. The number of carbonyl (C=O) groups excluding carboxylic acids is 1. The number of carbonyl (C=O) groups is 1. The summed E-state index contributed by atoms with van der Waals surface area (Å²) in [5, 5.41) is 0. The zero-order valence-electron chi connectivity index (χ0n) is 21.5. The van der Waals surface area contributed by atoms with Crippen LogP contribution in [0.15, 0.2) is 43.0 Å². The van der Waals surface area contributed by atoms with Gasteiger partial charge >= 0.3 is 0 Å². The molecule has 2 unspecified atom stereocenters. The number of ether oxygens (including phenoxy) is 2. The first-order valence-electron chi connectivity index (χ1n) is 12.7. The van der Waals surface area contributed by atoms with Crippen molar-refractivity contribution in [3.8, 4) is 17.4 Å². The molecule has 3 aromatic rings. The molecule has 2 aromatic heterocycles. The summed E-state index contributed by atoms with van der Waals surface area (Å²) < 4.78 is 13.4. The summed E-state index contributed by atoms with van der Waals surface area (Å²) in [6.07, 6.45) is 11.5. The molecular formula is C27H37N6O3+. The van der Waals surface area contributed by atoms with Crippen LogP contribution in [0.4, 0.5) is 5.82 Å². The molecule has 9 nitrogen and oxygen atoms in total. The fourth-order valence-electron chi connectivity index (χ4n) is 5.36. The second kappa shape index (κ2) is 11.5. The van der Waals surface area contributed by atoms with Crippen molar-refractivity contribution in [1.82, 2.24) is 24.0 Å². The SMILES string of the molecule is CCCc1cc([N+]2(Cc3ccc(OC)c(OC)c3)CCCCCC2CC(N)=O)nc(-n2ccnc2)n1. The number of benzene rings is 1. The topological polar surface area (TPSA) is 105 Å². The lowest BCUT2D eigenvalue weighted by Gasteiger charge is -2.42. The molecule has 36 heavy (non-hydrogen) atoms. The lowest BCUT2D eigenvalue weighted by molar-refractivity contribution is -0.119. The standard InChI is InChI=1S/C27H36N6O3/c1-4-8-21-16-26(31-27(30-21)32-13-12-29-19-32)33(14-7-5-6-9-22(33)17-25(28)34)18-20-10-11-23(35-2)24(15-20)36-3/h10-13,15-16,19,22H,4-9,14,17-18H2,1-3H3,(H-,28,34)/p+1. The minimum absolute atomic E-state index is 0.0121. The van der Waals surface area contributed by atoms with Crippen molar-refractivity contribution in [1.29, 1.82) is 0 Å². The van der Waals surface area contributed by atoms with Crippen LogP contribution in [0, 0.1) is 0 Å². The number of amides is 1. The molecule has 0 bridgehead atoms. The maximum Gasteiger partial charge on any atom is 0.240 e. The number of rotatable bonds is 10. The van der Waals surface area contributed by atoms with E-state index in [1.807, 2.05) is 22.9 Å². The van der Waals surface area contributed by atoms with E-state index < -0.39 is 0 Å². The smallest absolute Gasteiger partial charge is 0.240 e. The first kappa shape index (κ1) is 25.6. The minimum Gasteiger partial charge on any atom is -0.493 e. The molecule has 1 fully saturated rings. The van der Waals surface area contributed by atoms with Gasteiger partial charge in [-0.05, 0) is 43.9 Å². The van der Waals surface area contributed by atoms with E-state index >= 15 is 0 Å². The Hall–Kier alpha value is -3.46. The van der Waals surface area contributed by atoms with E-state index in [0.29, 0.717) is 34.9 Å². The summed E-state index contributed by atoms with van der Waals surface area (Å²) in [6, 6.07) is 8.17. The maximum absolute atomic E-state index is 12.3. The molecule has 0 spiro atoms. The van der Waals surface area contributed by atoms with E-state index in [9.17, 15) is 4.79 Å². The third-order valence-electron chi connectivity index (χ3n) is 7.09. The number of aryl methyl sites for hydroxylation is 1. The summed E-state index contributed by atoms with van der Waals surface area (Å²) in [5.74, 6) is 2.60.